The number of anilines is 1. The van der Waals surface area contributed by atoms with Crippen LogP contribution in [0.25, 0.3) is 0 Å². The van der Waals surface area contributed by atoms with Crippen molar-refractivity contribution in [3.05, 3.63) is 63.1 Å². The number of carbonyl (C=O) groups excluding carboxylic acids is 3. The van der Waals surface area contributed by atoms with Crippen molar-refractivity contribution in [1.82, 2.24) is 15.5 Å². The van der Waals surface area contributed by atoms with Crippen LogP contribution in [0.15, 0.2) is 46.9 Å². The van der Waals surface area contributed by atoms with E-state index in [1.807, 2.05) is 29.2 Å². The molecule has 1 unspecified atom stereocenters. The minimum absolute atomic E-state index is 0.345. The molecule has 2 aromatic rings. The summed E-state index contributed by atoms with van der Waals surface area (Å²) in [5.41, 5.74) is -0.829. The smallest absolute Gasteiger partial charge is 0.322 e. The molecule has 0 radical (unpaired) electrons. The molecule has 0 bridgehead atoms. The van der Waals surface area contributed by atoms with Crippen LogP contribution in [0.5, 0.6) is 0 Å². The molecule has 4 amide bonds. The third-order valence-corrected chi connectivity index (χ3v) is 6.98. The molecule has 0 aromatic heterocycles. The number of likely N-dealkylation sites (tertiary alicyclic amines) is 1. The van der Waals surface area contributed by atoms with E-state index >= 15 is 0 Å². The lowest BCUT2D eigenvalue weighted by atomic mass is 9.67. The van der Waals surface area contributed by atoms with Gasteiger partial charge in [-0.15, -0.1) is 0 Å². The Labute approximate surface area is 179 Å². The summed E-state index contributed by atoms with van der Waals surface area (Å²) in [6.45, 7) is 0.384. The molecular formula is C20H16BrClN4O3. The summed E-state index contributed by atoms with van der Waals surface area (Å²) in [7, 11) is 1.80. The molecule has 0 saturated carbocycles. The number of hydrogen-bond donors (Lipinski definition) is 3. The fourth-order valence-electron chi connectivity index (χ4n) is 5.15. The number of nitrogens with zero attached hydrogens (tertiary/aromatic N) is 1. The zero-order valence-corrected chi connectivity index (χ0v) is 17.6. The Morgan fingerprint density at radius 3 is 2.45 bits per heavy atom. The van der Waals surface area contributed by atoms with Crippen molar-refractivity contribution in [2.75, 3.05) is 18.9 Å². The molecule has 3 aliphatic rings. The topological polar surface area (TPSA) is 90.5 Å². The Morgan fingerprint density at radius 1 is 1.07 bits per heavy atom. The maximum atomic E-state index is 13.5. The van der Waals surface area contributed by atoms with E-state index in [2.05, 4.69) is 31.9 Å². The van der Waals surface area contributed by atoms with E-state index in [1.165, 1.54) is 0 Å². The Hall–Kier alpha value is -2.42. The highest BCUT2D eigenvalue weighted by Crippen LogP contribution is 2.58. The van der Waals surface area contributed by atoms with Gasteiger partial charge in [-0.1, -0.05) is 39.7 Å². The SMILES string of the molecule is CN1C[C@H](c2ccc(Cl)cc2)[C@]2(NC(=O)NC2=O)C12C(=O)Nc1ccc(Br)cc12. The van der Waals surface area contributed by atoms with Crippen molar-refractivity contribution >= 4 is 51.1 Å². The van der Waals surface area contributed by atoms with E-state index in [1.54, 1.807) is 25.2 Å². The van der Waals surface area contributed by atoms with Crippen LogP contribution >= 0.6 is 27.5 Å². The Kier molecular flexibility index (Phi) is 3.87. The van der Waals surface area contributed by atoms with Crippen LogP contribution in [0.3, 0.4) is 0 Å². The quantitative estimate of drug-likeness (QED) is 0.553. The first-order valence-corrected chi connectivity index (χ1v) is 10.2. The monoisotopic (exact) mass is 474 g/mol. The van der Waals surface area contributed by atoms with Gasteiger partial charge in [0.05, 0.1) is 0 Å². The van der Waals surface area contributed by atoms with Crippen molar-refractivity contribution in [1.29, 1.82) is 0 Å². The molecule has 7 nitrogen and oxygen atoms in total. The highest BCUT2D eigenvalue weighted by atomic mass is 79.9. The number of imide groups is 1. The number of carbonyl (C=O) groups is 3. The molecule has 0 aliphatic carbocycles. The van der Waals surface area contributed by atoms with Crippen LogP contribution in [0, 0.1) is 0 Å². The third kappa shape index (κ3) is 2.19. The van der Waals surface area contributed by atoms with E-state index in [4.69, 9.17) is 11.6 Å². The van der Waals surface area contributed by atoms with Crippen LogP contribution < -0.4 is 16.0 Å². The second kappa shape index (κ2) is 6.04. The summed E-state index contributed by atoms with van der Waals surface area (Å²) in [5, 5.41) is 8.68. The summed E-state index contributed by atoms with van der Waals surface area (Å²) in [5.74, 6) is -1.33. The first kappa shape index (κ1) is 18.6. The molecule has 148 valence electrons. The fourth-order valence-corrected chi connectivity index (χ4v) is 5.64. The molecule has 3 N–H and O–H groups in total. The lowest BCUT2D eigenvalue weighted by Gasteiger charge is -2.42. The van der Waals surface area contributed by atoms with Gasteiger partial charge in [-0.2, -0.15) is 0 Å². The van der Waals surface area contributed by atoms with Crippen LogP contribution in [-0.2, 0) is 15.1 Å². The number of amides is 4. The molecular weight excluding hydrogens is 460 g/mol. The van der Waals surface area contributed by atoms with Crippen LogP contribution in [0.1, 0.15) is 17.0 Å². The van der Waals surface area contributed by atoms with E-state index in [9.17, 15) is 14.4 Å². The molecule has 3 heterocycles. The average Bonchev–Trinajstić information content (AvgIpc) is 3.23. The van der Waals surface area contributed by atoms with Gasteiger partial charge in [-0.05, 0) is 42.9 Å². The number of likely N-dealkylation sites (N-methyl/N-ethyl adjacent to an activating group) is 1. The van der Waals surface area contributed by atoms with Gasteiger partial charge in [0.15, 0.2) is 11.1 Å². The highest BCUT2D eigenvalue weighted by molar-refractivity contribution is 9.10. The average molecular weight is 476 g/mol. The van der Waals surface area contributed by atoms with Gasteiger partial charge < -0.3 is 10.6 Å². The Bertz CT molecular complexity index is 1090. The molecule has 3 atom stereocenters. The Balaban J connectivity index is 1.82. The molecule has 5 rings (SSSR count). The third-order valence-electron chi connectivity index (χ3n) is 6.24. The van der Waals surface area contributed by atoms with Gasteiger partial charge in [0.2, 0.25) is 0 Å². The molecule has 9 heteroatoms. The standard InChI is InChI=1S/C20H16BrClN4O3/c1-26-9-14(10-2-5-12(22)6-3-10)19(16(27)24-18(29)25-19)20(26)13-8-11(21)4-7-15(13)23-17(20)28/h2-8,14H,9H2,1H3,(H,23,28)(H2,24,25,27,29)/t14-,19-,20?/m1/s1. The predicted molar refractivity (Wildman–Crippen MR) is 111 cm³/mol. The molecule has 2 aromatic carbocycles. The maximum absolute atomic E-state index is 13.5. The zero-order valence-electron chi connectivity index (χ0n) is 15.3. The van der Waals surface area contributed by atoms with E-state index < -0.39 is 28.9 Å². The summed E-state index contributed by atoms with van der Waals surface area (Å²) in [6.07, 6.45) is 0. The fraction of sp³-hybridized carbons (Fsp3) is 0.250. The van der Waals surface area contributed by atoms with Gasteiger partial charge in [-0.25, -0.2) is 4.79 Å². The summed E-state index contributed by atoms with van der Waals surface area (Å²) < 4.78 is 0.773. The van der Waals surface area contributed by atoms with Crippen molar-refractivity contribution in [2.24, 2.45) is 0 Å². The zero-order chi connectivity index (χ0) is 20.6. The van der Waals surface area contributed by atoms with Crippen molar-refractivity contribution < 1.29 is 14.4 Å². The number of rotatable bonds is 1. The lowest BCUT2D eigenvalue weighted by molar-refractivity contribution is -0.137. The molecule has 2 spiro atoms. The number of fused-ring (bicyclic) bond motifs is 3. The van der Waals surface area contributed by atoms with Crippen molar-refractivity contribution in [2.45, 2.75) is 17.0 Å². The predicted octanol–water partition coefficient (Wildman–Crippen LogP) is 2.56. The minimum Gasteiger partial charge on any atom is -0.324 e. The second-order valence-corrected chi connectivity index (χ2v) is 8.91. The van der Waals surface area contributed by atoms with Crippen LogP contribution in [-0.4, -0.2) is 41.9 Å². The summed E-state index contributed by atoms with van der Waals surface area (Å²) in [6, 6.07) is 12.0. The number of hydrogen-bond acceptors (Lipinski definition) is 4. The number of nitrogens with one attached hydrogen (secondary N) is 3. The van der Waals surface area contributed by atoms with Crippen LogP contribution in [0.4, 0.5) is 10.5 Å². The van der Waals surface area contributed by atoms with Crippen molar-refractivity contribution in [3.63, 3.8) is 0 Å². The van der Waals surface area contributed by atoms with Crippen molar-refractivity contribution in [3.8, 4) is 0 Å². The molecule has 2 saturated heterocycles. The molecule has 2 fully saturated rings. The van der Waals surface area contributed by atoms with Gasteiger partial charge in [0, 0.05) is 33.2 Å². The minimum atomic E-state index is -1.51. The van der Waals surface area contributed by atoms with Gasteiger partial charge in [0.25, 0.3) is 11.8 Å². The molecule has 3 aliphatic heterocycles. The number of benzene rings is 2. The van der Waals surface area contributed by atoms with E-state index in [-0.39, 0.29) is 5.91 Å². The first-order chi connectivity index (χ1) is 13.8. The lowest BCUT2D eigenvalue weighted by Crippen LogP contribution is -2.68. The summed E-state index contributed by atoms with van der Waals surface area (Å²) in [4.78, 5) is 41.1. The van der Waals surface area contributed by atoms with Gasteiger partial charge >= 0.3 is 6.03 Å². The van der Waals surface area contributed by atoms with E-state index in [0.29, 0.717) is 22.8 Å². The largest absolute Gasteiger partial charge is 0.324 e. The maximum Gasteiger partial charge on any atom is 0.322 e. The van der Waals surface area contributed by atoms with Gasteiger partial charge in [0.1, 0.15) is 0 Å². The van der Waals surface area contributed by atoms with Gasteiger partial charge in [-0.3, -0.25) is 19.8 Å². The van der Waals surface area contributed by atoms with E-state index in [0.717, 1.165) is 10.0 Å². The number of halogens is 2. The summed E-state index contributed by atoms with van der Waals surface area (Å²) >= 11 is 9.52. The molecule has 29 heavy (non-hydrogen) atoms. The second-order valence-electron chi connectivity index (χ2n) is 7.56. The normalized spacial score (nSPS) is 30.6. The highest BCUT2D eigenvalue weighted by Gasteiger charge is 2.76. The number of urea groups is 1. The van der Waals surface area contributed by atoms with Crippen LogP contribution in [0.2, 0.25) is 5.02 Å². The Morgan fingerprint density at radius 2 is 1.79 bits per heavy atom. The first-order valence-electron chi connectivity index (χ1n) is 9.02.